The van der Waals surface area contributed by atoms with Gasteiger partial charge in [0.15, 0.2) is 0 Å². The van der Waals surface area contributed by atoms with E-state index in [0.717, 1.165) is 0 Å². The SMILES string of the molecule is CCC=C(C)CCCCCCCCCCCC. The minimum Gasteiger partial charge on any atom is -0.0859 e. The molecule has 0 fully saturated rings. The summed E-state index contributed by atoms with van der Waals surface area (Å²) in [6.07, 6.45) is 19.3. The summed E-state index contributed by atoms with van der Waals surface area (Å²) in [7, 11) is 0. The van der Waals surface area contributed by atoms with Crippen LogP contribution in [0.2, 0.25) is 0 Å². The summed E-state index contributed by atoms with van der Waals surface area (Å²) >= 11 is 0. The van der Waals surface area contributed by atoms with E-state index in [9.17, 15) is 0 Å². The van der Waals surface area contributed by atoms with E-state index in [4.69, 9.17) is 0 Å². The summed E-state index contributed by atoms with van der Waals surface area (Å²) in [6.45, 7) is 6.79. The van der Waals surface area contributed by atoms with Crippen molar-refractivity contribution in [3.05, 3.63) is 11.6 Å². The zero-order valence-electron chi connectivity index (χ0n) is 12.6. The second-order valence-corrected chi connectivity index (χ2v) is 5.39. The van der Waals surface area contributed by atoms with Crippen LogP contribution in [0, 0.1) is 0 Å². The van der Waals surface area contributed by atoms with E-state index in [1.807, 2.05) is 0 Å². The van der Waals surface area contributed by atoms with Crippen molar-refractivity contribution in [2.45, 2.75) is 97.8 Å². The average Bonchev–Trinajstić information content (AvgIpc) is 2.32. The van der Waals surface area contributed by atoms with Crippen molar-refractivity contribution < 1.29 is 0 Å². The molecule has 0 spiro atoms. The topological polar surface area (TPSA) is 0 Å². The average molecular weight is 238 g/mol. The van der Waals surface area contributed by atoms with Crippen LogP contribution in [-0.2, 0) is 0 Å². The summed E-state index contributed by atoms with van der Waals surface area (Å²) in [5.74, 6) is 0. The van der Waals surface area contributed by atoms with Crippen LogP contribution in [0.5, 0.6) is 0 Å². The van der Waals surface area contributed by atoms with E-state index in [1.54, 1.807) is 5.57 Å². The lowest BCUT2D eigenvalue weighted by Crippen LogP contribution is -1.83. The summed E-state index contributed by atoms with van der Waals surface area (Å²) in [5.41, 5.74) is 1.59. The fourth-order valence-electron chi connectivity index (χ4n) is 2.34. The lowest BCUT2D eigenvalue weighted by molar-refractivity contribution is 0.556. The zero-order chi connectivity index (χ0) is 12.8. The maximum Gasteiger partial charge on any atom is -0.0323 e. The summed E-state index contributed by atoms with van der Waals surface area (Å²) in [5, 5.41) is 0. The third-order valence-corrected chi connectivity index (χ3v) is 3.48. The molecule has 0 aromatic carbocycles. The van der Waals surface area contributed by atoms with Crippen molar-refractivity contribution in [2.24, 2.45) is 0 Å². The monoisotopic (exact) mass is 238 g/mol. The molecule has 0 nitrogen and oxygen atoms in total. The van der Waals surface area contributed by atoms with Gasteiger partial charge in [0, 0.05) is 0 Å². The van der Waals surface area contributed by atoms with Crippen molar-refractivity contribution in [1.29, 1.82) is 0 Å². The molecular formula is C17H34. The van der Waals surface area contributed by atoms with Crippen LogP contribution < -0.4 is 0 Å². The van der Waals surface area contributed by atoms with Gasteiger partial charge in [0.05, 0.1) is 0 Å². The van der Waals surface area contributed by atoms with E-state index in [1.165, 1.54) is 77.0 Å². The molecule has 0 rings (SSSR count). The Balaban J connectivity index is 3.06. The summed E-state index contributed by atoms with van der Waals surface area (Å²) < 4.78 is 0. The van der Waals surface area contributed by atoms with Gasteiger partial charge in [0.1, 0.15) is 0 Å². The normalized spacial score (nSPS) is 12.1. The lowest BCUT2D eigenvalue weighted by Gasteiger charge is -2.03. The Morgan fingerprint density at radius 2 is 1.18 bits per heavy atom. The minimum absolute atomic E-state index is 1.20. The van der Waals surface area contributed by atoms with E-state index in [2.05, 4.69) is 26.8 Å². The maximum absolute atomic E-state index is 2.37. The molecule has 0 saturated heterocycles. The minimum atomic E-state index is 1.20. The molecule has 0 N–H and O–H groups in total. The predicted octanol–water partition coefficient (Wildman–Crippen LogP) is 6.65. The number of hydrogen-bond acceptors (Lipinski definition) is 0. The smallest absolute Gasteiger partial charge is 0.0323 e. The van der Waals surface area contributed by atoms with Gasteiger partial charge in [-0.1, -0.05) is 83.3 Å². The first-order valence-electron chi connectivity index (χ1n) is 7.96. The van der Waals surface area contributed by atoms with Gasteiger partial charge in [-0.2, -0.15) is 0 Å². The molecule has 17 heavy (non-hydrogen) atoms. The van der Waals surface area contributed by atoms with Gasteiger partial charge in [-0.25, -0.2) is 0 Å². The molecule has 0 aliphatic heterocycles. The third-order valence-electron chi connectivity index (χ3n) is 3.48. The number of rotatable bonds is 12. The quantitative estimate of drug-likeness (QED) is 0.263. The zero-order valence-corrected chi connectivity index (χ0v) is 12.6. The van der Waals surface area contributed by atoms with Crippen LogP contribution in [0.1, 0.15) is 97.8 Å². The highest BCUT2D eigenvalue weighted by atomic mass is 14.0. The number of hydrogen-bond donors (Lipinski definition) is 0. The van der Waals surface area contributed by atoms with Crippen LogP contribution in [0.4, 0.5) is 0 Å². The van der Waals surface area contributed by atoms with Crippen LogP contribution >= 0.6 is 0 Å². The van der Waals surface area contributed by atoms with Gasteiger partial charge >= 0.3 is 0 Å². The molecule has 102 valence electrons. The molecule has 0 aromatic rings. The second kappa shape index (κ2) is 13.8. The lowest BCUT2D eigenvalue weighted by atomic mass is 10.0. The molecule has 0 heterocycles. The largest absolute Gasteiger partial charge is 0.0859 e. The molecule has 0 radical (unpaired) electrons. The standard InChI is InChI=1S/C17H34/c1-4-6-7-8-9-10-11-12-13-14-16-17(3)15-5-2/h15H,4-14,16H2,1-3H3. The molecule has 0 saturated carbocycles. The van der Waals surface area contributed by atoms with Crippen molar-refractivity contribution in [1.82, 2.24) is 0 Å². The Hall–Kier alpha value is -0.260. The maximum atomic E-state index is 2.37. The van der Waals surface area contributed by atoms with E-state index in [0.29, 0.717) is 0 Å². The molecule has 0 aliphatic rings. The Bertz CT molecular complexity index is 167. The van der Waals surface area contributed by atoms with Crippen LogP contribution in [0.15, 0.2) is 11.6 Å². The molecule has 0 aliphatic carbocycles. The third kappa shape index (κ3) is 13.7. The predicted molar refractivity (Wildman–Crippen MR) is 80.5 cm³/mol. The van der Waals surface area contributed by atoms with Gasteiger partial charge < -0.3 is 0 Å². The van der Waals surface area contributed by atoms with Crippen LogP contribution in [0.25, 0.3) is 0 Å². The summed E-state index contributed by atoms with van der Waals surface area (Å²) in [4.78, 5) is 0. The number of unbranched alkanes of at least 4 members (excludes halogenated alkanes) is 9. The first kappa shape index (κ1) is 16.7. The Morgan fingerprint density at radius 3 is 1.65 bits per heavy atom. The highest BCUT2D eigenvalue weighted by Crippen LogP contribution is 2.13. The molecular weight excluding hydrogens is 204 g/mol. The van der Waals surface area contributed by atoms with Gasteiger partial charge in [0.2, 0.25) is 0 Å². The first-order valence-corrected chi connectivity index (χ1v) is 7.96. The summed E-state index contributed by atoms with van der Waals surface area (Å²) in [6, 6.07) is 0. The molecule has 0 unspecified atom stereocenters. The Morgan fingerprint density at radius 1 is 0.706 bits per heavy atom. The molecule has 0 heteroatoms. The molecule has 0 amide bonds. The van der Waals surface area contributed by atoms with Crippen LogP contribution in [0.3, 0.4) is 0 Å². The van der Waals surface area contributed by atoms with E-state index < -0.39 is 0 Å². The van der Waals surface area contributed by atoms with E-state index in [-0.39, 0.29) is 0 Å². The molecule has 0 aromatic heterocycles. The molecule has 0 bridgehead atoms. The van der Waals surface area contributed by atoms with Crippen molar-refractivity contribution in [2.75, 3.05) is 0 Å². The van der Waals surface area contributed by atoms with Crippen molar-refractivity contribution >= 4 is 0 Å². The Labute approximate surface area is 110 Å². The second-order valence-electron chi connectivity index (χ2n) is 5.39. The van der Waals surface area contributed by atoms with Gasteiger partial charge in [-0.05, 0) is 26.2 Å². The fraction of sp³-hybridized carbons (Fsp3) is 0.882. The van der Waals surface area contributed by atoms with Gasteiger partial charge in [-0.3, -0.25) is 0 Å². The van der Waals surface area contributed by atoms with Gasteiger partial charge in [0.25, 0.3) is 0 Å². The van der Waals surface area contributed by atoms with Crippen molar-refractivity contribution in [3.8, 4) is 0 Å². The fourth-order valence-corrected chi connectivity index (χ4v) is 2.34. The van der Waals surface area contributed by atoms with Gasteiger partial charge in [-0.15, -0.1) is 0 Å². The van der Waals surface area contributed by atoms with E-state index >= 15 is 0 Å². The van der Waals surface area contributed by atoms with Crippen molar-refractivity contribution in [3.63, 3.8) is 0 Å². The molecule has 0 atom stereocenters. The van der Waals surface area contributed by atoms with Crippen LogP contribution in [-0.4, -0.2) is 0 Å². The number of allylic oxidation sites excluding steroid dienone is 2. The first-order chi connectivity index (χ1) is 8.31. The Kier molecular flexibility index (Phi) is 13.6. The highest BCUT2D eigenvalue weighted by molar-refractivity contribution is 4.96. The highest BCUT2D eigenvalue weighted by Gasteiger charge is 1.93.